The van der Waals surface area contributed by atoms with Crippen molar-refractivity contribution in [3.63, 3.8) is 0 Å². The van der Waals surface area contributed by atoms with Gasteiger partial charge < -0.3 is 14.5 Å². The second-order valence-corrected chi connectivity index (χ2v) is 8.50. The lowest BCUT2D eigenvalue weighted by molar-refractivity contribution is -0.135. The summed E-state index contributed by atoms with van der Waals surface area (Å²) in [5, 5.41) is 4.24. The minimum atomic E-state index is -0.686. The summed E-state index contributed by atoms with van der Waals surface area (Å²) >= 11 is 0. The molecule has 1 aliphatic heterocycles. The molecule has 2 unspecified atom stereocenters. The molecule has 2 atom stereocenters. The highest BCUT2D eigenvalue weighted by Gasteiger charge is 2.31. The number of hydrogen-bond donors (Lipinski definition) is 0. The lowest BCUT2D eigenvalue weighted by atomic mass is 9.94. The first-order valence-corrected chi connectivity index (χ1v) is 11.6. The van der Waals surface area contributed by atoms with Crippen LogP contribution in [-0.2, 0) is 16.2 Å². The van der Waals surface area contributed by atoms with Crippen LogP contribution in [0.25, 0.3) is 0 Å². The van der Waals surface area contributed by atoms with E-state index in [1.54, 1.807) is 12.0 Å². The second kappa shape index (κ2) is 11.1. The van der Waals surface area contributed by atoms with Crippen LogP contribution in [-0.4, -0.2) is 36.3 Å². The van der Waals surface area contributed by atoms with Gasteiger partial charge in [0.05, 0.1) is 25.3 Å². The zero-order valence-electron chi connectivity index (χ0n) is 19.8. The molecule has 3 aromatic rings. The van der Waals surface area contributed by atoms with Gasteiger partial charge in [0.2, 0.25) is 5.91 Å². The number of ether oxygens (including phenoxy) is 1. The monoisotopic (exact) mass is 478 g/mol. The minimum Gasteiger partial charge on any atom is -0.496 e. The summed E-state index contributed by atoms with van der Waals surface area (Å²) in [6.07, 6.45) is 0.647. The number of methoxy groups -OCH3 is 1. The Morgan fingerprint density at radius 1 is 1.11 bits per heavy atom. The molecule has 1 amide bonds. The Kier molecular flexibility index (Phi) is 7.75. The quantitative estimate of drug-likeness (QED) is 0.397. The number of rotatable bonds is 9. The third kappa shape index (κ3) is 5.67. The average molecular weight is 479 g/mol. The molecule has 0 saturated heterocycles. The lowest BCUT2D eigenvalue weighted by Gasteiger charge is -2.29. The van der Waals surface area contributed by atoms with Crippen LogP contribution in [0.3, 0.4) is 0 Å². The van der Waals surface area contributed by atoms with Crippen molar-refractivity contribution in [1.82, 2.24) is 4.90 Å². The smallest absolute Gasteiger partial charge is 0.230 e. The Balaban J connectivity index is 1.56. The number of nitrogens with zero attached hydrogens (tertiary/aromatic N) is 2. The number of hydrogen-bond acceptors (Lipinski definition) is 4. The van der Waals surface area contributed by atoms with E-state index in [9.17, 15) is 13.6 Å². The van der Waals surface area contributed by atoms with E-state index in [1.165, 1.54) is 12.1 Å². The molecule has 7 heteroatoms. The summed E-state index contributed by atoms with van der Waals surface area (Å²) in [5.74, 6) is -1.19. The molecule has 3 aromatic carbocycles. The molecule has 0 aromatic heterocycles. The summed E-state index contributed by atoms with van der Waals surface area (Å²) in [7, 11) is 1.60. The van der Waals surface area contributed by atoms with E-state index in [-0.39, 0.29) is 24.6 Å². The Bertz CT molecular complexity index is 1200. The number of halogens is 2. The fourth-order valence-corrected chi connectivity index (χ4v) is 4.36. The summed E-state index contributed by atoms with van der Waals surface area (Å²) in [6.45, 7) is 2.15. The fourth-order valence-electron chi connectivity index (χ4n) is 4.36. The molecular weight excluding hydrogens is 450 g/mol. The number of para-hydroxylation sites is 1. The number of carbonyl (C=O) groups is 1. The van der Waals surface area contributed by atoms with Crippen molar-refractivity contribution < 1.29 is 23.1 Å². The number of carbonyl (C=O) groups excluding carboxylic acids is 1. The maximum Gasteiger partial charge on any atom is 0.230 e. The largest absolute Gasteiger partial charge is 0.496 e. The molecule has 35 heavy (non-hydrogen) atoms. The van der Waals surface area contributed by atoms with Crippen LogP contribution in [0.5, 0.6) is 5.75 Å². The highest BCUT2D eigenvalue weighted by molar-refractivity contribution is 6.03. The number of benzene rings is 3. The van der Waals surface area contributed by atoms with Gasteiger partial charge >= 0.3 is 0 Å². The molecule has 0 saturated carbocycles. The van der Waals surface area contributed by atoms with E-state index in [2.05, 4.69) is 5.16 Å². The van der Waals surface area contributed by atoms with E-state index in [1.807, 2.05) is 61.5 Å². The van der Waals surface area contributed by atoms with E-state index in [4.69, 9.17) is 9.57 Å². The maximum atomic E-state index is 14.5. The predicted octanol–water partition coefficient (Wildman–Crippen LogP) is 5.69. The van der Waals surface area contributed by atoms with Gasteiger partial charge in [-0.1, -0.05) is 60.6 Å². The summed E-state index contributed by atoms with van der Waals surface area (Å²) in [6, 6.07) is 20.4. The molecule has 1 aliphatic rings. The molecule has 0 radical (unpaired) electrons. The zero-order valence-corrected chi connectivity index (χ0v) is 19.8. The van der Waals surface area contributed by atoms with Crippen molar-refractivity contribution in [2.24, 2.45) is 5.16 Å². The molecule has 4 rings (SSSR count). The van der Waals surface area contributed by atoms with Crippen LogP contribution in [0.15, 0.2) is 78.0 Å². The average Bonchev–Trinajstić information content (AvgIpc) is 3.34. The van der Waals surface area contributed by atoms with E-state index < -0.39 is 23.7 Å². The molecule has 0 bridgehead atoms. The molecule has 0 spiro atoms. The number of oxime groups is 1. The van der Waals surface area contributed by atoms with Crippen LogP contribution >= 0.6 is 0 Å². The second-order valence-electron chi connectivity index (χ2n) is 8.50. The third-order valence-electron chi connectivity index (χ3n) is 6.17. The predicted molar refractivity (Wildman–Crippen MR) is 130 cm³/mol. The Morgan fingerprint density at radius 3 is 2.57 bits per heavy atom. The van der Waals surface area contributed by atoms with Crippen molar-refractivity contribution in [1.29, 1.82) is 0 Å². The normalized spacial score (nSPS) is 15.8. The fraction of sp³-hybridized carbons (Fsp3) is 0.286. The SMILES string of the molecule is CCC(C(=O)N(Cc1ccc(F)cc1F)CC1CC(c2ccccc2OC)=NO1)c1ccccc1. The van der Waals surface area contributed by atoms with Crippen molar-refractivity contribution in [2.75, 3.05) is 13.7 Å². The summed E-state index contributed by atoms with van der Waals surface area (Å²) < 4.78 is 33.4. The first-order chi connectivity index (χ1) is 17.0. The first kappa shape index (κ1) is 24.4. The summed E-state index contributed by atoms with van der Waals surface area (Å²) in [4.78, 5) is 21.0. The Hall–Kier alpha value is -3.74. The first-order valence-electron chi connectivity index (χ1n) is 11.6. The van der Waals surface area contributed by atoms with Gasteiger partial charge in [0.1, 0.15) is 17.4 Å². The van der Waals surface area contributed by atoms with E-state index >= 15 is 0 Å². The van der Waals surface area contributed by atoms with Gasteiger partial charge in [-0.05, 0) is 30.2 Å². The van der Waals surface area contributed by atoms with Crippen LogP contribution in [0, 0.1) is 11.6 Å². The molecule has 0 N–H and O–H groups in total. The van der Waals surface area contributed by atoms with E-state index in [0.29, 0.717) is 18.6 Å². The molecular formula is C28H28F2N2O3. The van der Waals surface area contributed by atoms with Gasteiger partial charge in [-0.25, -0.2) is 8.78 Å². The summed E-state index contributed by atoms with van der Waals surface area (Å²) in [5.41, 5.74) is 2.69. The van der Waals surface area contributed by atoms with Crippen molar-refractivity contribution in [2.45, 2.75) is 38.3 Å². The number of amides is 1. The Labute approximate surface area is 204 Å². The van der Waals surface area contributed by atoms with E-state index in [0.717, 1.165) is 22.9 Å². The van der Waals surface area contributed by atoms with Gasteiger partial charge in [-0.15, -0.1) is 0 Å². The van der Waals surface area contributed by atoms with Crippen LogP contribution in [0.2, 0.25) is 0 Å². The van der Waals surface area contributed by atoms with Gasteiger partial charge in [0, 0.05) is 30.2 Å². The maximum absolute atomic E-state index is 14.5. The van der Waals surface area contributed by atoms with Crippen molar-refractivity contribution >= 4 is 11.6 Å². The highest BCUT2D eigenvalue weighted by Crippen LogP contribution is 2.28. The topological polar surface area (TPSA) is 51.1 Å². The van der Waals surface area contributed by atoms with Gasteiger partial charge in [0.15, 0.2) is 6.10 Å². The minimum absolute atomic E-state index is 0.00185. The standard InChI is InChI=1S/C28H28F2N2O3/c1-3-23(19-9-5-4-6-10-19)28(33)32(17-20-13-14-21(29)15-25(20)30)18-22-16-26(31-35-22)24-11-7-8-12-27(24)34-2/h4-15,22-23H,3,16-18H2,1-2H3. The van der Waals surface area contributed by atoms with Gasteiger partial charge in [-0.2, -0.15) is 0 Å². The molecule has 0 fully saturated rings. The van der Waals surface area contributed by atoms with Crippen LogP contribution in [0.1, 0.15) is 42.4 Å². The van der Waals surface area contributed by atoms with Crippen LogP contribution < -0.4 is 4.74 Å². The van der Waals surface area contributed by atoms with Crippen molar-refractivity contribution in [3.8, 4) is 5.75 Å². The molecule has 5 nitrogen and oxygen atoms in total. The zero-order chi connectivity index (χ0) is 24.8. The third-order valence-corrected chi connectivity index (χ3v) is 6.17. The van der Waals surface area contributed by atoms with Crippen LogP contribution in [0.4, 0.5) is 8.78 Å². The Morgan fingerprint density at radius 2 is 1.86 bits per heavy atom. The molecule has 0 aliphatic carbocycles. The molecule has 182 valence electrons. The lowest BCUT2D eigenvalue weighted by Crippen LogP contribution is -2.40. The highest BCUT2D eigenvalue weighted by atomic mass is 19.1. The molecule has 1 heterocycles. The van der Waals surface area contributed by atoms with Crippen molar-refractivity contribution in [3.05, 3.63) is 101 Å². The van der Waals surface area contributed by atoms with Gasteiger partial charge in [0.25, 0.3) is 0 Å². The van der Waals surface area contributed by atoms with Gasteiger partial charge in [-0.3, -0.25) is 4.79 Å².